The second-order valence-corrected chi connectivity index (χ2v) is 7.10. The molecule has 2 aromatic heterocycles. The average Bonchev–Trinajstić information content (AvgIpc) is 2.61. The lowest BCUT2D eigenvalue weighted by Crippen LogP contribution is -2.50. The maximum Gasteiger partial charge on any atom is 0.311 e. The van der Waals surface area contributed by atoms with Crippen LogP contribution in [0.1, 0.15) is 39.0 Å². The SMILES string of the molecule is C[C@@]1(OC2CCCCO2)CCCN(c2nc(F)nc3ccncc23)C1. The monoisotopic (exact) mass is 346 g/mol. The molecule has 0 N–H and O–H groups in total. The molecule has 4 heterocycles. The summed E-state index contributed by atoms with van der Waals surface area (Å²) in [5, 5.41) is 0.766. The van der Waals surface area contributed by atoms with Crippen LogP contribution in [0.25, 0.3) is 10.9 Å². The molecule has 134 valence electrons. The zero-order valence-corrected chi connectivity index (χ0v) is 14.4. The summed E-state index contributed by atoms with van der Waals surface area (Å²) in [7, 11) is 0. The molecule has 0 aliphatic carbocycles. The summed E-state index contributed by atoms with van der Waals surface area (Å²) in [6.07, 6.45) is 7.54. The minimum absolute atomic E-state index is 0.140. The third kappa shape index (κ3) is 3.57. The lowest BCUT2D eigenvalue weighted by atomic mass is 9.94. The number of fused-ring (bicyclic) bond motifs is 1. The third-order valence-corrected chi connectivity index (χ3v) is 4.96. The lowest BCUT2D eigenvalue weighted by molar-refractivity contribution is -0.221. The van der Waals surface area contributed by atoms with Crippen molar-refractivity contribution in [2.75, 3.05) is 24.6 Å². The minimum Gasteiger partial charge on any atom is -0.353 e. The van der Waals surface area contributed by atoms with E-state index in [1.165, 1.54) is 0 Å². The van der Waals surface area contributed by atoms with Gasteiger partial charge in [-0.15, -0.1) is 0 Å². The number of ether oxygens (including phenoxy) is 2. The van der Waals surface area contributed by atoms with Crippen LogP contribution in [0.5, 0.6) is 0 Å². The number of piperidine rings is 1. The fourth-order valence-electron chi connectivity index (χ4n) is 3.77. The summed E-state index contributed by atoms with van der Waals surface area (Å²) in [5.74, 6) is 0.592. The maximum atomic E-state index is 13.9. The Bertz CT molecular complexity index is 753. The zero-order valence-electron chi connectivity index (χ0n) is 14.4. The molecule has 4 rings (SSSR count). The summed E-state index contributed by atoms with van der Waals surface area (Å²) in [4.78, 5) is 14.2. The van der Waals surface area contributed by atoms with Gasteiger partial charge >= 0.3 is 6.08 Å². The molecule has 2 aliphatic heterocycles. The van der Waals surface area contributed by atoms with Crippen molar-refractivity contribution in [2.45, 2.75) is 50.9 Å². The Hall–Kier alpha value is -1.86. The number of halogens is 1. The van der Waals surface area contributed by atoms with Crippen molar-refractivity contribution in [2.24, 2.45) is 0 Å². The highest BCUT2D eigenvalue weighted by atomic mass is 19.1. The van der Waals surface area contributed by atoms with Crippen molar-refractivity contribution in [3.05, 3.63) is 24.5 Å². The van der Waals surface area contributed by atoms with Gasteiger partial charge in [-0.2, -0.15) is 9.37 Å². The number of hydrogen-bond acceptors (Lipinski definition) is 6. The number of pyridine rings is 1. The predicted molar refractivity (Wildman–Crippen MR) is 91.8 cm³/mol. The molecule has 6 nitrogen and oxygen atoms in total. The molecule has 2 saturated heterocycles. The first-order chi connectivity index (χ1) is 12.1. The molecule has 2 fully saturated rings. The molecule has 0 aromatic carbocycles. The Labute approximate surface area is 146 Å². The van der Waals surface area contributed by atoms with Gasteiger partial charge in [0.2, 0.25) is 0 Å². The molecule has 0 radical (unpaired) electrons. The van der Waals surface area contributed by atoms with E-state index in [9.17, 15) is 4.39 Å². The quantitative estimate of drug-likeness (QED) is 0.796. The van der Waals surface area contributed by atoms with Crippen molar-refractivity contribution in [1.82, 2.24) is 15.0 Å². The number of hydrogen-bond donors (Lipinski definition) is 0. The molecule has 0 spiro atoms. The van der Waals surface area contributed by atoms with Crippen LogP contribution < -0.4 is 4.90 Å². The van der Waals surface area contributed by atoms with E-state index < -0.39 is 6.08 Å². The van der Waals surface area contributed by atoms with Crippen molar-refractivity contribution in [1.29, 1.82) is 0 Å². The Kier molecular flexibility index (Phi) is 4.52. The lowest BCUT2D eigenvalue weighted by Gasteiger charge is -2.43. The second-order valence-electron chi connectivity index (χ2n) is 7.10. The number of nitrogens with zero attached hydrogens (tertiary/aromatic N) is 4. The molecular weight excluding hydrogens is 323 g/mol. The van der Waals surface area contributed by atoms with E-state index >= 15 is 0 Å². The third-order valence-electron chi connectivity index (χ3n) is 4.96. The molecule has 25 heavy (non-hydrogen) atoms. The first-order valence-electron chi connectivity index (χ1n) is 8.95. The van der Waals surface area contributed by atoms with Crippen molar-refractivity contribution in [3.8, 4) is 0 Å². The van der Waals surface area contributed by atoms with Gasteiger partial charge in [-0.25, -0.2) is 4.98 Å². The topological polar surface area (TPSA) is 60.4 Å². The molecule has 0 amide bonds. The molecule has 0 saturated carbocycles. The molecular formula is C18H23FN4O2. The number of anilines is 1. The van der Waals surface area contributed by atoms with Gasteiger partial charge in [0.05, 0.1) is 16.5 Å². The largest absolute Gasteiger partial charge is 0.353 e. The van der Waals surface area contributed by atoms with Crippen LogP contribution in [-0.4, -0.2) is 46.5 Å². The van der Waals surface area contributed by atoms with Crippen molar-refractivity contribution in [3.63, 3.8) is 0 Å². The summed E-state index contributed by atoms with van der Waals surface area (Å²) in [6, 6.07) is 1.71. The second kappa shape index (κ2) is 6.80. The van der Waals surface area contributed by atoms with Gasteiger partial charge in [0, 0.05) is 32.1 Å². The summed E-state index contributed by atoms with van der Waals surface area (Å²) >= 11 is 0. The van der Waals surface area contributed by atoms with E-state index in [4.69, 9.17) is 9.47 Å². The van der Waals surface area contributed by atoms with Gasteiger partial charge in [0.25, 0.3) is 0 Å². The highest BCUT2D eigenvalue weighted by Gasteiger charge is 2.36. The van der Waals surface area contributed by atoms with Crippen molar-refractivity contribution < 1.29 is 13.9 Å². The fraction of sp³-hybridized carbons (Fsp3) is 0.611. The summed E-state index contributed by atoms with van der Waals surface area (Å²) in [6.45, 7) is 4.32. The predicted octanol–water partition coefficient (Wildman–Crippen LogP) is 3.07. The van der Waals surface area contributed by atoms with Crippen LogP contribution in [0.15, 0.2) is 18.5 Å². The Morgan fingerprint density at radius 2 is 2.24 bits per heavy atom. The first-order valence-corrected chi connectivity index (χ1v) is 8.95. The van der Waals surface area contributed by atoms with Crippen LogP contribution in [-0.2, 0) is 9.47 Å². The van der Waals surface area contributed by atoms with Gasteiger partial charge in [-0.05, 0) is 45.1 Å². The van der Waals surface area contributed by atoms with Crippen LogP contribution in [0.4, 0.5) is 10.2 Å². The van der Waals surface area contributed by atoms with Crippen LogP contribution >= 0.6 is 0 Å². The zero-order chi connectivity index (χ0) is 17.3. The Balaban J connectivity index is 1.58. The molecule has 0 bridgehead atoms. The Morgan fingerprint density at radius 3 is 3.08 bits per heavy atom. The van der Waals surface area contributed by atoms with E-state index in [1.807, 2.05) is 0 Å². The summed E-state index contributed by atoms with van der Waals surface area (Å²) in [5.41, 5.74) is 0.234. The molecule has 2 aliphatic rings. The number of aromatic nitrogens is 3. The van der Waals surface area contributed by atoms with E-state index in [-0.39, 0.29) is 11.9 Å². The van der Waals surface area contributed by atoms with E-state index in [0.29, 0.717) is 17.9 Å². The fourth-order valence-corrected chi connectivity index (χ4v) is 3.77. The van der Waals surface area contributed by atoms with Gasteiger partial charge in [-0.3, -0.25) is 4.98 Å². The standard InChI is InChI=1S/C18H23FN4O2/c1-18(25-15-5-2-3-10-24-15)7-4-9-23(12-18)16-13-11-20-8-6-14(13)21-17(19)22-16/h6,8,11,15H,2-5,7,9-10,12H2,1H3/t15?,18-/m1/s1. The molecule has 2 aromatic rings. The average molecular weight is 346 g/mol. The molecule has 1 unspecified atom stereocenters. The van der Waals surface area contributed by atoms with E-state index in [2.05, 4.69) is 26.8 Å². The van der Waals surface area contributed by atoms with Crippen LogP contribution in [0.3, 0.4) is 0 Å². The van der Waals surface area contributed by atoms with Crippen LogP contribution in [0, 0.1) is 6.08 Å². The molecule has 2 atom stereocenters. The first kappa shape index (κ1) is 16.6. The number of rotatable bonds is 3. The maximum absolute atomic E-state index is 13.9. The highest BCUT2D eigenvalue weighted by Crippen LogP contribution is 2.33. The van der Waals surface area contributed by atoms with E-state index in [0.717, 1.165) is 50.6 Å². The molecule has 7 heteroatoms. The van der Waals surface area contributed by atoms with Gasteiger partial charge in [0.1, 0.15) is 5.82 Å². The minimum atomic E-state index is -0.711. The normalized spacial score (nSPS) is 27.6. The van der Waals surface area contributed by atoms with Crippen LogP contribution in [0.2, 0.25) is 0 Å². The van der Waals surface area contributed by atoms with Crippen molar-refractivity contribution >= 4 is 16.7 Å². The smallest absolute Gasteiger partial charge is 0.311 e. The van der Waals surface area contributed by atoms with Gasteiger partial charge in [-0.1, -0.05) is 0 Å². The van der Waals surface area contributed by atoms with Gasteiger partial charge in [0.15, 0.2) is 6.29 Å². The summed E-state index contributed by atoms with van der Waals surface area (Å²) < 4.78 is 25.9. The van der Waals surface area contributed by atoms with Gasteiger partial charge < -0.3 is 14.4 Å². The van der Waals surface area contributed by atoms with E-state index in [1.54, 1.807) is 18.5 Å². The highest BCUT2D eigenvalue weighted by molar-refractivity contribution is 5.88. The Morgan fingerprint density at radius 1 is 1.32 bits per heavy atom.